The molecular weight excluding hydrogens is 426 g/mol. The summed E-state index contributed by atoms with van der Waals surface area (Å²) in [5.74, 6) is 0.385. The van der Waals surface area contributed by atoms with Crippen molar-refractivity contribution in [2.24, 2.45) is 0 Å². The van der Waals surface area contributed by atoms with E-state index < -0.39 is 22.1 Å². The lowest BCUT2D eigenvalue weighted by atomic mass is 10.2. The zero-order chi connectivity index (χ0) is 22.6. The highest BCUT2D eigenvalue weighted by Gasteiger charge is 2.33. The number of aromatic nitrogens is 1. The Labute approximate surface area is 181 Å². The minimum atomic E-state index is -3.66. The van der Waals surface area contributed by atoms with E-state index in [1.54, 1.807) is 38.1 Å². The van der Waals surface area contributed by atoms with Crippen molar-refractivity contribution in [2.45, 2.75) is 24.8 Å². The molecule has 1 fully saturated rings. The number of carbonyl (C=O) groups excluding carboxylic acids is 1. The van der Waals surface area contributed by atoms with Crippen molar-refractivity contribution < 1.29 is 32.3 Å². The molecule has 2 heterocycles. The molecule has 1 saturated heterocycles. The third-order valence-corrected chi connectivity index (χ3v) is 7.23. The minimum Gasteiger partial charge on any atom is -0.491 e. The zero-order valence-electron chi connectivity index (χ0n) is 17.8. The van der Waals surface area contributed by atoms with Crippen LogP contribution in [0.5, 0.6) is 5.75 Å². The number of aliphatic hydroxyl groups excluding tert-OH is 1. The van der Waals surface area contributed by atoms with E-state index in [4.69, 9.17) is 9.26 Å². The Morgan fingerprint density at radius 1 is 1.19 bits per heavy atom. The summed E-state index contributed by atoms with van der Waals surface area (Å²) in [5, 5.41) is 14.0. The molecule has 0 bridgehead atoms. The molecule has 0 saturated carbocycles. The van der Waals surface area contributed by atoms with Crippen LogP contribution in [0.25, 0.3) is 0 Å². The second kappa shape index (κ2) is 9.77. The Morgan fingerprint density at radius 3 is 2.39 bits per heavy atom. The number of nitrogens with zero attached hydrogens (tertiary/aromatic N) is 3. The molecule has 1 aliphatic heterocycles. The lowest BCUT2D eigenvalue weighted by Crippen LogP contribution is -2.50. The summed E-state index contributed by atoms with van der Waals surface area (Å²) < 4.78 is 42.4. The van der Waals surface area contributed by atoms with E-state index in [1.807, 2.05) is 4.90 Å². The predicted octanol–water partition coefficient (Wildman–Crippen LogP) is 0.824. The van der Waals surface area contributed by atoms with E-state index >= 15 is 0 Å². The summed E-state index contributed by atoms with van der Waals surface area (Å²) >= 11 is 0. The van der Waals surface area contributed by atoms with Crippen LogP contribution < -0.4 is 4.74 Å². The van der Waals surface area contributed by atoms with Crippen LogP contribution in [0, 0.1) is 13.8 Å². The van der Waals surface area contributed by atoms with Gasteiger partial charge in [-0.05, 0) is 38.1 Å². The number of aliphatic hydroxyl groups is 1. The Kier molecular flexibility index (Phi) is 7.31. The number of hydrogen-bond acceptors (Lipinski definition) is 9. The number of hydrogen-bond donors (Lipinski definition) is 1. The number of rotatable bonds is 8. The highest BCUT2D eigenvalue weighted by molar-refractivity contribution is 7.89. The van der Waals surface area contributed by atoms with Gasteiger partial charge in [-0.25, -0.2) is 13.2 Å². The maximum absolute atomic E-state index is 12.9. The van der Waals surface area contributed by atoms with E-state index in [2.05, 4.69) is 9.89 Å². The fourth-order valence-electron chi connectivity index (χ4n) is 3.47. The second-order valence-corrected chi connectivity index (χ2v) is 9.21. The molecule has 0 aliphatic carbocycles. The molecule has 10 nitrogen and oxygen atoms in total. The number of carbonyl (C=O) groups is 1. The average Bonchev–Trinajstić information content (AvgIpc) is 3.11. The van der Waals surface area contributed by atoms with Gasteiger partial charge in [0.05, 0.1) is 12.7 Å². The van der Waals surface area contributed by atoms with Gasteiger partial charge >= 0.3 is 5.97 Å². The van der Waals surface area contributed by atoms with Crippen LogP contribution in [0.4, 0.5) is 0 Å². The third-order valence-electron chi connectivity index (χ3n) is 5.08. The van der Waals surface area contributed by atoms with Gasteiger partial charge in [-0.15, -0.1) is 0 Å². The highest BCUT2D eigenvalue weighted by atomic mass is 32.2. The van der Waals surface area contributed by atoms with Crippen LogP contribution >= 0.6 is 0 Å². The molecule has 1 aromatic heterocycles. The molecule has 1 unspecified atom stereocenters. The van der Waals surface area contributed by atoms with E-state index in [-0.39, 0.29) is 17.3 Å². The largest absolute Gasteiger partial charge is 0.491 e. The van der Waals surface area contributed by atoms with Crippen LogP contribution in [-0.2, 0) is 14.8 Å². The Bertz CT molecular complexity index is 977. The van der Waals surface area contributed by atoms with Crippen molar-refractivity contribution in [3.8, 4) is 5.75 Å². The Hall–Kier alpha value is -2.47. The monoisotopic (exact) mass is 453 g/mol. The fourth-order valence-corrected chi connectivity index (χ4v) is 5.19. The normalized spacial score (nSPS) is 16.8. The number of benzene rings is 1. The number of sulfonamides is 1. The van der Waals surface area contributed by atoms with Crippen LogP contribution in [-0.4, -0.2) is 86.4 Å². The van der Waals surface area contributed by atoms with Gasteiger partial charge in [-0.2, -0.15) is 4.31 Å². The summed E-state index contributed by atoms with van der Waals surface area (Å²) in [5.41, 5.74) is 0.770. The van der Waals surface area contributed by atoms with Crippen molar-refractivity contribution in [1.82, 2.24) is 14.4 Å². The van der Waals surface area contributed by atoms with Crippen molar-refractivity contribution in [3.63, 3.8) is 0 Å². The van der Waals surface area contributed by atoms with E-state index in [0.29, 0.717) is 49.7 Å². The molecular formula is C20H27N3O7S. The summed E-state index contributed by atoms with van der Waals surface area (Å²) in [6, 6.07) is 6.45. The maximum Gasteiger partial charge on any atom is 0.337 e. The van der Waals surface area contributed by atoms with Crippen LogP contribution in [0.1, 0.15) is 21.8 Å². The van der Waals surface area contributed by atoms with E-state index in [0.717, 1.165) is 0 Å². The van der Waals surface area contributed by atoms with Gasteiger partial charge in [0.1, 0.15) is 29.0 Å². The number of aryl methyl sites for hydroxylation is 2. The SMILES string of the molecule is COC(=O)c1ccc(OCC(O)CN2CCN(S(=O)(=O)c3c(C)noc3C)CC2)cc1. The quantitative estimate of drug-likeness (QED) is 0.579. The molecule has 3 rings (SSSR count). The molecule has 1 aromatic carbocycles. The molecule has 1 N–H and O–H groups in total. The van der Waals surface area contributed by atoms with Gasteiger partial charge < -0.3 is 19.1 Å². The molecule has 0 amide bonds. The number of methoxy groups -OCH3 is 1. The summed E-state index contributed by atoms with van der Waals surface area (Å²) in [6.45, 7) is 5.25. The zero-order valence-corrected chi connectivity index (χ0v) is 18.6. The summed E-state index contributed by atoms with van der Waals surface area (Å²) in [4.78, 5) is 13.6. The van der Waals surface area contributed by atoms with Crippen molar-refractivity contribution in [2.75, 3.05) is 46.4 Å². The standard InChI is InChI=1S/C20H27N3O7S/c1-14-19(15(2)30-21-14)31(26,27)23-10-8-22(9-11-23)12-17(24)13-29-18-6-4-16(5-7-18)20(25)28-3/h4-7,17,24H,8-13H2,1-3H3. The van der Waals surface area contributed by atoms with Crippen molar-refractivity contribution in [3.05, 3.63) is 41.3 Å². The number of ether oxygens (including phenoxy) is 2. The Morgan fingerprint density at radius 2 is 1.84 bits per heavy atom. The van der Waals surface area contributed by atoms with Gasteiger partial charge in [0.25, 0.3) is 0 Å². The molecule has 2 aromatic rings. The number of β-amino-alcohol motifs (C(OH)–C–C–N with tert-alkyl or cyclic N) is 1. The van der Waals surface area contributed by atoms with Crippen LogP contribution in [0.2, 0.25) is 0 Å². The van der Waals surface area contributed by atoms with Gasteiger partial charge in [0.15, 0.2) is 5.76 Å². The second-order valence-electron chi connectivity index (χ2n) is 7.34. The first-order valence-electron chi connectivity index (χ1n) is 9.87. The van der Waals surface area contributed by atoms with Crippen molar-refractivity contribution >= 4 is 16.0 Å². The highest BCUT2D eigenvalue weighted by Crippen LogP contribution is 2.24. The van der Waals surface area contributed by atoms with Gasteiger partial charge in [0, 0.05) is 32.7 Å². The van der Waals surface area contributed by atoms with E-state index in [1.165, 1.54) is 11.4 Å². The predicted molar refractivity (Wildman–Crippen MR) is 110 cm³/mol. The van der Waals surface area contributed by atoms with Gasteiger partial charge in [-0.1, -0.05) is 5.16 Å². The molecule has 31 heavy (non-hydrogen) atoms. The van der Waals surface area contributed by atoms with Crippen molar-refractivity contribution in [1.29, 1.82) is 0 Å². The average molecular weight is 454 g/mol. The Balaban J connectivity index is 1.47. The number of esters is 1. The van der Waals surface area contributed by atoms with E-state index in [9.17, 15) is 18.3 Å². The fraction of sp³-hybridized carbons (Fsp3) is 0.500. The van der Waals surface area contributed by atoms with Crippen LogP contribution in [0.3, 0.4) is 0 Å². The molecule has 11 heteroatoms. The van der Waals surface area contributed by atoms with Gasteiger partial charge in [0.2, 0.25) is 10.0 Å². The summed E-state index contributed by atoms with van der Waals surface area (Å²) in [6.07, 6.45) is -0.744. The first-order chi connectivity index (χ1) is 14.7. The molecule has 0 radical (unpaired) electrons. The molecule has 170 valence electrons. The molecule has 0 spiro atoms. The third kappa shape index (κ3) is 5.42. The van der Waals surface area contributed by atoms with Gasteiger partial charge in [-0.3, -0.25) is 4.90 Å². The first kappa shape index (κ1) is 23.2. The first-order valence-corrected chi connectivity index (χ1v) is 11.3. The van der Waals surface area contributed by atoms with Crippen LogP contribution in [0.15, 0.2) is 33.7 Å². The summed E-state index contributed by atoms with van der Waals surface area (Å²) in [7, 11) is -2.34. The topological polar surface area (TPSA) is 122 Å². The minimum absolute atomic E-state index is 0.0785. The number of piperazine rings is 1. The lowest BCUT2D eigenvalue weighted by Gasteiger charge is -2.34. The molecule has 1 atom stereocenters. The lowest BCUT2D eigenvalue weighted by molar-refractivity contribution is 0.0565. The molecule has 1 aliphatic rings. The smallest absolute Gasteiger partial charge is 0.337 e. The maximum atomic E-state index is 12.9.